The molecular formula is C9H8ClF3N2O2. The molecule has 2 N–H and O–H groups in total. The van der Waals surface area contributed by atoms with Crippen LogP contribution in [0.5, 0.6) is 0 Å². The number of nitro groups is 1. The molecule has 17 heavy (non-hydrogen) atoms. The summed E-state index contributed by atoms with van der Waals surface area (Å²) >= 11 is 5.59. The molecule has 0 saturated heterocycles. The van der Waals surface area contributed by atoms with E-state index in [4.69, 9.17) is 17.3 Å². The van der Waals surface area contributed by atoms with Gasteiger partial charge in [0.15, 0.2) is 0 Å². The Morgan fingerprint density at radius 1 is 1.47 bits per heavy atom. The van der Waals surface area contributed by atoms with Crippen molar-refractivity contribution in [2.24, 2.45) is 5.73 Å². The summed E-state index contributed by atoms with van der Waals surface area (Å²) in [5.74, 6) is -2.14. The molecule has 0 heterocycles. The molecule has 1 unspecified atom stereocenters. The van der Waals surface area contributed by atoms with Crippen LogP contribution in [0.3, 0.4) is 0 Å². The summed E-state index contributed by atoms with van der Waals surface area (Å²) in [7, 11) is 0. The summed E-state index contributed by atoms with van der Waals surface area (Å²) in [6.07, 6.45) is -4.68. The zero-order chi connectivity index (χ0) is 13.2. The van der Waals surface area contributed by atoms with E-state index in [1.54, 1.807) is 0 Å². The Morgan fingerprint density at radius 2 is 2.06 bits per heavy atom. The van der Waals surface area contributed by atoms with Crippen LogP contribution >= 0.6 is 11.6 Å². The Morgan fingerprint density at radius 3 is 2.47 bits per heavy atom. The maximum Gasteiger partial charge on any atom is 0.397 e. The summed E-state index contributed by atoms with van der Waals surface area (Å²) in [5.41, 5.74) is 3.76. The van der Waals surface area contributed by atoms with Crippen LogP contribution in [0.15, 0.2) is 18.2 Å². The first kappa shape index (κ1) is 13.7. The van der Waals surface area contributed by atoms with Crippen LogP contribution in [0.2, 0.25) is 5.02 Å². The van der Waals surface area contributed by atoms with Gasteiger partial charge in [0.25, 0.3) is 5.69 Å². The highest BCUT2D eigenvalue weighted by Crippen LogP contribution is 2.41. The number of alkyl halides is 3. The molecule has 0 aromatic heterocycles. The maximum atomic E-state index is 12.7. The fourth-order valence-electron chi connectivity index (χ4n) is 1.44. The Labute approximate surface area is 99.3 Å². The number of nitrogens with zero attached hydrogens (tertiary/aromatic N) is 1. The largest absolute Gasteiger partial charge is 0.397 e. The van der Waals surface area contributed by atoms with Crippen molar-refractivity contribution >= 4 is 17.3 Å². The molecule has 1 aromatic rings. The number of benzene rings is 1. The molecule has 1 atom stereocenters. The molecule has 94 valence electrons. The molecule has 1 rings (SSSR count). The third-order valence-electron chi connectivity index (χ3n) is 2.21. The third kappa shape index (κ3) is 2.86. The Balaban J connectivity index is 3.42. The SMILES string of the molecule is NCC(c1c(Cl)cccc1[N+](=O)[O-])C(F)(F)F. The molecule has 8 heteroatoms. The Hall–Kier alpha value is -1.34. The minimum Gasteiger partial charge on any atom is -0.330 e. The van der Waals surface area contributed by atoms with Crippen LogP contribution in [0.4, 0.5) is 18.9 Å². The van der Waals surface area contributed by atoms with Gasteiger partial charge in [-0.25, -0.2) is 0 Å². The molecule has 0 radical (unpaired) electrons. The van der Waals surface area contributed by atoms with Gasteiger partial charge in [0, 0.05) is 12.6 Å². The molecule has 0 amide bonds. The first-order valence-corrected chi connectivity index (χ1v) is 4.86. The number of hydrogen-bond acceptors (Lipinski definition) is 3. The molecule has 1 aromatic carbocycles. The van der Waals surface area contributed by atoms with Crippen LogP contribution < -0.4 is 5.73 Å². The first-order valence-electron chi connectivity index (χ1n) is 4.48. The normalized spacial score (nSPS) is 13.5. The van der Waals surface area contributed by atoms with Crippen molar-refractivity contribution in [2.45, 2.75) is 12.1 Å². The Bertz CT molecular complexity index is 437. The molecule has 0 fully saturated rings. The lowest BCUT2D eigenvalue weighted by molar-refractivity contribution is -0.386. The topological polar surface area (TPSA) is 69.2 Å². The average Bonchev–Trinajstić information content (AvgIpc) is 2.19. The summed E-state index contributed by atoms with van der Waals surface area (Å²) in [5, 5.41) is 10.3. The maximum absolute atomic E-state index is 12.7. The quantitative estimate of drug-likeness (QED) is 0.677. The highest BCUT2D eigenvalue weighted by atomic mass is 35.5. The second-order valence-electron chi connectivity index (χ2n) is 3.26. The van der Waals surface area contributed by atoms with Crippen molar-refractivity contribution in [3.8, 4) is 0 Å². The second-order valence-corrected chi connectivity index (χ2v) is 3.67. The van der Waals surface area contributed by atoms with E-state index in [2.05, 4.69) is 0 Å². The summed E-state index contributed by atoms with van der Waals surface area (Å²) in [6.45, 7) is -0.798. The van der Waals surface area contributed by atoms with Crippen LogP contribution in [0.25, 0.3) is 0 Å². The number of hydrogen-bond donors (Lipinski definition) is 1. The van der Waals surface area contributed by atoms with Gasteiger partial charge in [0.2, 0.25) is 0 Å². The number of halogens is 4. The lowest BCUT2D eigenvalue weighted by atomic mass is 9.97. The zero-order valence-corrected chi connectivity index (χ0v) is 9.13. The van der Waals surface area contributed by atoms with Gasteiger partial charge in [-0.2, -0.15) is 13.2 Å². The fraction of sp³-hybridized carbons (Fsp3) is 0.333. The van der Waals surface area contributed by atoms with Gasteiger partial charge >= 0.3 is 6.18 Å². The van der Waals surface area contributed by atoms with Crippen LogP contribution in [0.1, 0.15) is 11.5 Å². The van der Waals surface area contributed by atoms with E-state index in [0.29, 0.717) is 0 Å². The van der Waals surface area contributed by atoms with E-state index in [1.807, 2.05) is 0 Å². The smallest absolute Gasteiger partial charge is 0.330 e. The van der Waals surface area contributed by atoms with Gasteiger partial charge in [-0.3, -0.25) is 10.1 Å². The van der Waals surface area contributed by atoms with E-state index < -0.39 is 34.8 Å². The molecule has 4 nitrogen and oxygen atoms in total. The lowest BCUT2D eigenvalue weighted by Gasteiger charge is -2.19. The molecule has 0 saturated carbocycles. The van der Waals surface area contributed by atoms with Gasteiger partial charge in [-0.15, -0.1) is 0 Å². The lowest BCUT2D eigenvalue weighted by Crippen LogP contribution is -2.29. The van der Waals surface area contributed by atoms with Gasteiger partial charge < -0.3 is 5.73 Å². The second kappa shape index (κ2) is 4.89. The van der Waals surface area contributed by atoms with Gasteiger partial charge in [-0.1, -0.05) is 17.7 Å². The predicted molar refractivity (Wildman–Crippen MR) is 56.0 cm³/mol. The minimum atomic E-state index is -4.68. The van der Waals surface area contributed by atoms with E-state index in [0.717, 1.165) is 12.1 Å². The van der Waals surface area contributed by atoms with Gasteiger partial charge in [0.1, 0.15) is 5.92 Å². The zero-order valence-electron chi connectivity index (χ0n) is 8.37. The van der Waals surface area contributed by atoms with Crippen molar-refractivity contribution in [1.29, 1.82) is 0 Å². The van der Waals surface area contributed by atoms with Crippen molar-refractivity contribution < 1.29 is 18.1 Å². The van der Waals surface area contributed by atoms with E-state index in [-0.39, 0.29) is 5.02 Å². The van der Waals surface area contributed by atoms with E-state index in [9.17, 15) is 23.3 Å². The summed E-state index contributed by atoms with van der Waals surface area (Å²) < 4.78 is 38.0. The fourth-order valence-corrected chi connectivity index (χ4v) is 1.75. The molecular weight excluding hydrogens is 261 g/mol. The number of rotatable bonds is 3. The standard InChI is InChI=1S/C9H8ClF3N2O2/c10-6-2-1-3-7(15(16)17)8(6)5(4-14)9(11,12)13/h1-3,5H,4,14H2. The average molecular weight is 269 g/mol. The van der Waals surface area contributed by atoms with Crippen LogP contribution in [-0.2, 0) is 0 Å². The van der Waals surface area contributed by atoms with Crippen LogP contribution in [-0.4, -0.2) is 17.6 Å². The van der Waals surface area contributed by atoms with Crippen molar-refractivity contribution in [1.82, 2.24) is 0 Å². The first-order chi connectivity index (χ1) is 7.79. The Kier molecular flexibility index (Phi) is 3.94. The summed E-state index contributed by atoms with van der Waals surface area (Å²) in [6, 6.07) is 3.35. The monoisotopic (exact) mass is 268 g/mol. The third-order valence-corrected chi connectivity index (χ3v) is 2.54. The summed E-state index contributed by atoms with van der Waals surface area (Å²) in [4.78, 5) is 9.75. The van der Waals surface area contributed by atoms with Gasteiger partial charge in [-0.05, 0) is 6.07 Å². The van der Waals surface area contributed by atoms with Crippen molar-refractivity contribution in [3.05, 3.63) is 38.9 Å². The highest BCUT2D eigenvalue weighted by Gasteiger charge is 2.44. The number of nitrogens with two attached hydrogens (primary N) is 1. The van der Waals surface area contributed by atoms with Crippen LogP contribution in [0, 0.1) is 10.1 Å². The molecule has 0 aliphatic carbocycles. The highest BCUT2D eigenvalue weighted by molar-refractivity contribution is 6.31. The molecule has 0 aliphatic heterocycles. The van der Waals surface area contributed by atoms with E-state index >= 15 is 0 Å². The predicted octanol–water partition coefficient (Wildman–Crippen LogP) is 2.85. The molecule has 0 spiro atoms. The molecule has 0 aliphatic rings. The minimum absolute atomic E-state index is 0.313. The van der Waals surface area contributed by atoms with Crippen molar-refractivity contribution in [2.75, 3.05) is 6.54 Å². The van der Waals surface area contributed by atoms with E-state index in [1.165, 1.54) is 6.07 Å². The molecule has 0 bridgehead atoms. The van der Waals surface area contributed by atoms with Gasteiger partial charge in [0.05, 0.1) is 15.5 Å². The number of nitro benzene ring substituents is 1. The van der Waals surface area contributed by atoms with Crippen molar-refractivity contribution in [3.63, 3.8) is 0 Å².